The van der Waals surface area contributed by atoms with E-state index in [0.29, 0.717) is 0 Å². The van der Waals surface area contributed by atoms with Gasteiger partial charge < -0.3 is 5.43 Å². The first-order valence-corrected chi connectivity index (χ1v) is 3.86. The highest BCUT2D eigenvalue weighted by atomic mass is 15.4. The van der Waals surface area contributed by atoms with Crippen LogP contribution in [0, 0.1) is 13.8 Å². The number of nitrogens with one attached hydrogen (secondary N) is 1. The van der Waals surface area contributed by atoms with Crippen LogP contribution in [0.15, 0.2) is 11.2 Å². The van der Waals surface area contributed by atoms with Crippen LogP contribution in [0.25, 0.3) is 0 Å². The van der Waals surface area contributed by atoms with Gasteiger partial charge in [0.1, 0.15) is 0 Å². The van der Waals surface area contributed by atoms with Crippen molar-refractivity contribution in [3.05, 3.63) is 23.1 Å². The minimum Gasteiger partial charge on any atom is -0.327 e. The Hall–Kier alpha value is -1.32. The van der Waals surface area contributed by atoms with E-state index >= 15 is 0 Å². The van der Waals surface area contributed by atoms with Crippen LogP contribution in [0.3, 0.4) is 0 Å². The fourth-order valence-electron chi connectivity index (χ4n) is 1.21. The minimum absolute atomic E-state index is 0.864. The molecule has 0 saturated carbocycles. The monoisotopic (exact) mass is 166 g/mol. The van der Waals surface area contributed by atoms with Gasteiger partial charge in [0.15, 0.2) is 5.49 Å². The molecule has 0 unspecified atom stereocenters. The van der Waals surface area contributed by atoms with Gasteiger partial charge in [0.25, 0.3) is 0 Å². The van der Waals surface area contributed by atoms with E-state index in [1.165, 1.54) is 0 Å². The fraction of sp³-hybridized carbons (Fsp3) is 0.500. The lowest BCUT2D eigenvalue weighted by molar-refractivity contribution is 0.789. The zero-order valence-corrected chi connectivity index (χ0v) is 7.92. The van der Waals surface area contributed by atoms with Crippen molar-refractivity contribution in [1.82, 2.24) is 9.66 Å². The third kappa shape index (κ3) is 1.47. The largest absolute Gasteiger partial charge is 0.327 e. The van der Waals surface area contributed by atoms with Gasteiger partial charge in [0, 0.05) is 20.3 Å². The van der Waals surface area contributed by atoms with Crippen LogP contribution in [0.1, 0.15) is 11.4 Å². The summed E-state index contributed by atoms with van der Waals surface area (Å²) in [6.45, 7) is 3.91. The third-order valence-electron chi connectivity index (χ3n) is 1.66. The highest BCUT2D eigenvalue weighted by Gasteiger charge is 1.97. The molecule has 1 heterocycles. The Bertz CT molecular complexity index is 337. The van der Waals surface area contributed by atoms with Gasteiger partial charge in [-0.15, -0.1) is 0 Å². The summed E-state index contributed by atoms with van der Waals surface area (Å²) in [6.07, 6.45) is 1.91. The molecule has 4 heteroatoms. The van der Waals surface area contributed by atoms with Crippen LogP contribution in [0.2, 0.25) is 0 Å². The van der Waals surface area contributed by atoms with Crippen molar-refractivity contribution >= 4 is 0 Å². The Morgan fingerprint density at radius 3 is 2.67 bits per heavy atom. The second kappa shape index (κ2) is 3.38. The summed E-state index contributed by atoms with van der Waals surface area (Å²) in [5.41, 5.74) is 5.79. The average Bonchev–Trinajstić information content (AvgIpc) is 2.03. The van der Waals surface area contributed by atoms with Gasteiger partial charge in [-0.1, -0.05) is 0 Å². The summed E-state index contributed by atoms with van der Waals surface area (Å²) in [5.74, 6) is 0. The number of hydrogen-bond donors (Lipinski definition) is 1. The highest BCUT2D eigenvalue weighted by molar-refractivity contribution is 5.02. The van der Waals surface area contributed by atoms with Gasteiger partial charge >= 0.3 is 0 Å². The van der Waals surface area contributed by atoms with E-state index in [0.717, 1.165) is 16.9 Å². The maximum absolute atomic E-state index is 4.30. The van der Waals surface area contributed by atoms with E-state index in [4.69, 9.17) is 0 Å². The van der Waals surface area contributed by atoms with Crippen LogP contribution < -0.4 is 10.9 Å². The summed E-state index contributed by atoms with van der Waals surface area (Å²) in [5, 5.41) is 0. The van der Waals surface area contributed by atoms with Crippen LogP contribution >= 0.6 is 0 Å². The first kappa shape index (κ1) is 8.77. The van der Waals surface area contributed by atoms with Crippen molar-refractivity contribution in [1.29, 1.82) is 0 Å². The Morgan fingerprint density at radius 2 is 2.17 bits per heavy atom. The van der Waals surface area contributed by atoms with E-state index < -0.39 is 0 Å². The smallest absolute Gasteiger partial charge is 0.167 e. The number of aryl methyl sites for hydroxylation is 2. The molecule has 0 bridgehead atoms. The second-order valence-corrected chi connectivity index (χ2v) is 2.61. The molecule has 1 aromatic heterocycles. The van der Waals surface area contributed by atoms with Gasteiger partial charge in [0.05, 0.1) is 11.4 Å². The molecule has 0 aliphatic rings. The molecule has 0 radical (unpaired) electrons. The van der Waals surface area contributed by atoms with Crippen LogP contribution in [0.4, 0.5) is 0 Å². The van der Waals surface area contributed by atoms with E-state index in [9.17, 15) is 0 Å². The molecule has 0 atom stereocenters. The lowest BCUT2D eigenvalue weighted by Crippen LogP contribution is -2.30. The highest BCUT2D eigenvalue weighted by Crippen LogP contribution is 1.88. The molecular formula is C8H14N4. The standard InChI is InChI=1S/C8H14N4/c1-6-5-12(10-4)8(9-3)7(2)11-6/h5,10H,1-4H3. The molecule has 66 valence electrons. The van der Waals surface area contributed by atoms with Gasteiger partial charge in [-0.05, 0) is 13.8 Å². The van der Waals surface area contributed by atoms with Crippen molar-refractivity contribution in [2.75, 3.05) is 19.5 Å². The van der Waals surface area contributed by atoms with Crippen molar-refractivity contribution in [3.63, 3.8) is 0 Å². The summed E-state index contributed by atoms with van der Waals surface area (Å²) >= 11 is 0. The molecular weight excluding hydrogens is 152 g/mol. The van der Waals surface area contributed by atoms with E-state index in [2.05, 4.69) is 15.4 Å². The third-order valence-corrected chi connectivity index (χ3v) is 1.66. The van der Waals surface area contributed by atoms with Gasteiger partial charge in [0.2, 0.25) is 0 Å². The number of hydrogen-bond acceptors (Lipinski definition) is 3. The van der Waals surface area contributed by atoms with Gasteiger partial charge in [-0.25, -0.2) is 4.68 Å². The predicted molar refractivity (Wildman–Crippen MR) is 48.5 cm³/mol. The minimum atomic E-state index is 0.864. The summed E-state index contributed by atoms with van der Waals surface area (Å²) < 4.78 is 1.86. The molecule has 0 saturated heterocycles. The number of nitrogens with zero attached hydrogens (tertiary/aromatic N) is 3. The molecule has 12 heavy (non-hydrogen) atoms. The quantitative estimate of drug-likeness (QED) is 0.647. The molecule has 4 nitrogen and oxygen atoms in total. The molecule has 1 rings (SSSR count). The van der Waals surface area contributed by atoms with Gasteiger partial charge in [-0.2, -0.15) is 0 Å². The zero-order chi connectivity index (χ0) is 9.14. The number of aromatic nitrogens is 2. The lowest BCUT2D eigenvalue weighted by atomic mass is 10.4. The average molecular weight is 166 g/mol. The summed E-state index contributed by atoms with van der Waals surface area (Å²) in [4.78, 5) is 8.42. The Balaban J connectivity index is 3.45. The van der Waals surface area contributed by atoms with Crippen molar-refractivity contribution in [2.24, 2.45) is 4.99 Å². The lowest BCUT2D eigenvalue weighted by Gasteiger charge is -2.08. The van der Waals surface area contributed by atoms with Crippen LogP contribution in [0.5, 0.6) is 0 Å². The van der Waals surface area contributed by atoms with Crippen molar-refractivity contribution < 1.29 is 0 Å². The maximum atomic E-state index is 4.30. The van der Waals surface area contributed by atoms with Gasteiger partial charge in [-0.3, -0.25) is 9.98 Å². The molecule has 1 N–H and O–H groups in total. The molecule has 0 aliphatic heterocycles. The van der Waals surface area contributed by atoms with Crippen molar-refractivity contribution in [2.45, 2.75) is 13.8 Å². The molecule has 0 fully saturated rings. The van der Waals surface area contributed by atoms with Crippen LogP contribution in [-0.4, -0.2) is 23.8 Å². The van der Waals surface area contributed by atoms with Crippen LogP contribution in [-0.2, 0) is 0 Å². The zero-order valence-electron chi connectivity index (χ0n) is 7.92. The summed E-state index contributed by atoms with van der Waals surface area (Å²) in [6, 6.07) is 0. The van der Waals surface area contributed by atoms with E-state index in [1.54, 1.807) is 7.05 Å². The normalized spacial score (nSPS) is 11.8. The number of rotatable bonds is 1. The molecule has 0 amide bonds. The predicted octanol–water partition coefficient (Wildman–Crippen LogP) is 0.204. The Labute approximate surface area is 72.0 Å². The Morgan fingerprint density at radius 1 is 1.50 bits per heavy atom. The molecule has 0 aromatic carbocycles. The first-order chi connectivity index (χ1) is 5.69. The first-order valence-electron chi connectivity index (χ1n) is 3.86. The maximum Gasteiger partial charge on any atom is 0.167 e. The summed E-state index contributed by atoms with van der Waals surface area (Å²) in [7, 11) is 3.61. The molecule has 0 aliphatic carbocycles. The Kier molecular flexibility index (Phi) is 2.47. The molecule has 0 spiro atoms. The second-order valence-electron chi connectivity index (χ2n) is 2.61. The fourth-order valence-corrected chi connectivity index (χ4v) is 1.21. The SMILES string of the molecule is CN=c1c(C)nc(C)cn1NC. The van der Waals surface area contributed by atoms with Crippen molar-refractivity contribution in [3.8, 4) is 0 Å². The van der Waals surface area contributed by atoms with E-state index in [1.807, 2.05) is 31.8 Å². The molecule has 1 aromatic rings. The topological polar surface area (TPSA) is 42.2 Å². The van der Waals surface area contributed by atoms with E-state index in [-0.39, 0.29) is 0 Å².